The number of hydrogen-bond donors (Lipinski definition) is 1. The Labute approximate surface area is 134 Å². The molecule has 122 valence electrons. The van der Waals surface area contributed by atoms with Gasteiger partial charge in [-0.2, -0.15) is 5.10 Å². The molecule has 0 aliphatic carbocycles. The summed E-state index contributed by atoms with van der Waals surface area (Å²) in [6.07, 6.45) is 3.09. The molecule has 2 aromatic heterocycles. The van der Waals surface area contributed by atoms with Crippen molar-refractivity contribution in [3.8, 4) is 0 Å². The van der Waals surface area contributed by atoms with E-state index in [0.29, 0.717) is 12.1 Å². The third-order valence-corrected chi connectivity index (χ3v) is 4.66. The summed E-state index contributed by atoms with van der Waals surface area (Å²) in [5, 5.41) is 5.19. The van der Waals surface area contributed by atoms with Crippen LogP contribution in [0.5, 0.6) is 0 Å². The Morgan fingerprint density at radius 1 is 1.35 bits per heavy atom. The summed E-state index contributed by atoms with van der Waals surface area (Å²) >= 11 is 0. The lowest BCUT2D eigenvalue weighted by atomic mass is 9.92. The van der Waals surface area contributed by atoms with Crippen molar-refractivity contribution in [2.75, 3.05) is 6.54 Å². The fourth-order valence-electron chi connectivity index (χ4n) is 3.21. The van der Waals surface area contributed by atoms with Gasteiger partial charge in [0, 0.05) is 31.2 Å². The van der Waals surface area contributed by atoms with Crippen LogP contribution in [0.15, 0.2) is 12.3 Å². The zero-order chi connectivity index (χ0) is 16.7. The summed E-state index contributed by atoms with van der Waals surface area (Å²) in [6, 6.07) is 1.91. The van der Waals surface area contributed by atoms with Gasteiger partial charge >= 0.3 is 0 Å². The molecule has 1 fully saturated rings. The van der Waals surface area contributed by atoms with E-state index in [1.54, 1.807) is 15.8 Å². The van der Waals surface area contributed by atoms with Gasteiger partial charge in [-0.15, -0.1) is 0 Å². The fraction of sp³-hybridized carbons (Fsp3) is 0.500. The van der Waals surface area contributed by atoms with Crippen molar-refractivity contribution >= 4 is 22.8 Å². The highest BCUT2D eigenvalue weighted by Gasteiger charge is 2.32. The molecule has 3 heterocycles. The summed E-state index contributed by atoms with van der Waals surface area (Å²) in [6.45, 7) is 4.26. The minimum atomic E-state index is -0.341. The van der Waals surface area contributed by atoms with Gasteiger partial charge in [0.2, 0.25) is 5.91 Å². The first-order valence-corrected chi connectivity index (χ1v) is 7.78. The van der Waals surface area contributed by atoms with Crippen LogP contribution >= 0.6 is 0 Å². The number of primary amides is 1. The van der Waals surface area contributed by atoms with Gasteiger partial charge in [-0.05, 0) is 32.8 Å². The smallest absolute Gasteiger partial charge is 0.255 e. The molecule has 1 aliphatic rings. The quantitative estimate of drug-likeness (QED) is 0.894. The lowest BCUT2D eigenvalue weighted by Crippen LogP contribution is -2.48. The number of likely N-dealkylation sites (tertiary alicyclic amines) is 1. The van der Waals surface area contributed by atoms with Gasteiger partial charge in [0.1, 0.15) is 0 Å². The number of nitrogens with two attached hydrogens (primary N) is 1. The Hall–Kier alpha value is -2.44. The molecule has 1 saturated heterocycles. The van der Waals surface area contributed by atoms with Gasteiger partial charge in [0.05, 0.1) is 17.2 Å². The Balaban J connectivity index is 1.92. The highest BCUT2D eigenvalue weighted by atomic mass is 16.2. The maximum atomic E-state index is 12.8. The van der Waals surface area contributed by atoms with Crippen molar-refractivity contribution in [2.45, 2.75) is 32.7 Å². The molecule has 0 bridgehead atoms. The van der Waals surface area contributed by atoms with Gasteiger partial charge < -0.3 is 10.6 Å². The largest absolute Gasteiger partial charge is 0.369 e. The SMILES string of the molecule is Cc1nn(C)c2ncc(C(=O)N3CC(C(N)=O)CCC3C)cc12. The predicted octanol–water partition coefficient (Wildman–Crippen LogP) is 1.00. The lowest BCUT2D eigenvalue weighted by Gasteiger charge is -2.36. The van der Waals surface area contributed by atoms with E-state index in [4.69, 9.17) is 5.73 Å². The van der Waals surface area contributed by atoms with E-state index in [9.17, 15) is 9.59 Å². The van der Waals surface area contributed by atoms with Gasteiger partial charge in [0.25, 0.3) is 5.91 Å². The molecule has 2 amide bonds. The number of rotatable bonds is 2. The molecular formula is C16H21N5O2. The van der Waals surface area contributed by atoms with Crippen molar-refractivity contribution < 1.29 is 9.59 Å². The molecule has 0 radical (unpaired) electrons. The van der Waals surface area contributed by atoms with Crippen LogP contribution in [0.3, 0.4) is 0 Å². The molecule has 7 heteroatoms. The van der Waals surface area contributed by atoms with Crippen LogP contribution in [0.25, 0.3) is 11.0 Å². The number of piperidine rings is 1. The Morgan fingerprint density at radius 2 is 2.09 bits per heavy atom. The van der Waals surface area contributed by atoms with Crippen molar-refractivity contribution in [1.29, 1.82) is 0 Å². The standard InChI is InChI=1S/C16H21N5O2/c1-9-4-5-11(14(17)22)8-21(9)16(23)12-6-13-10(2)19-20(3)15(13)18-7-12/h6-7,9,11H,4-5,8H2,1-3H3,(H2,17,22). The molecular weight excluding hydrogens is 294 g/mol. The number of carbonyl (C=O) groups is 2. The molecule has 1 aliphatic heterocycles. The minimum absolute atomic E-state index is 0.0868. The zero-order valence-electron chi connectivity index (χ0n) is 13.6. The van der Waals surface area contributed by atoms with Crippen LogP contribution in [0, 0.1) is 12.8 Å². The summed E-state index contributed by atoms with van der Waals surface area (Å²) in [5.74, 6) is -0.723. The Kier molecular flexibility index (Phi) is 3.79. The maximum absolute atomic E-state index is 12.8. The van der Waals surface area contributed by atoms with E-state index < -0.39 is 0 Å². The fourth-order valence-corrected chi connectivity index (χ4v) is 3.21. The second kappa shape index (κ2) is 5.64. The van der Waals surface area contributed by atoms with Crippen LogP contribution in [0.1, 0.15) is 35.8 Å². The molecule has 0 saturated carbocycles. The third-order valence-electron chi connectivity index (χ3n) is 4.66. The molecule has 7 nitrogen and oxygen atoms in total. The van der Waals surface area contributed by atoms with Crippen molar-refractivity contribution in [3.05, 3.63) is 23.5 Å². The number of amides is 2. The number of hydrogen-bond acceptors (Lipinski definition) is 4. The number of aromatic nitrogens is 3. The highest BCUT2D eigenvalue weighted by Crippen LogP contribution is 2.24. The Morgan fingerprint density at radius 3 is 2.78 bits per heavy atom. The number of fused-ring (bicyclic) bond motifs is 1. The van der Waals surface area contributed by atoms with Crippen LogP contribution in [-0.4, -0.2) is 44.1 Å². The van der Waals surface area contributed by atoms with Crippen LogP contribution in [-0.2, 0) is 11.8 Å². The second-order valence-electron chi connectivity index (χ2n) is 6.29. The van der Waals surface area contributed by atoms with Gasteiger partial charge in [-0.3, -0.25) is 14.3 Å². The number of carbonyl (C=O) groups excluding carboxylic acids is 2. The van der Waals surface area contributed by atoms with E-state index in [1.165, 1.54) is 0 Å². The normalized spacial score (nSPS) is 21.6. The molecule has 2 unspecified atom stereocenters. The predicted molar refractivity (Wildman–Crippen MR) is 85.7 cm³/mol. The number of aryl methyl sites for hydroxylation is 2. The van der Waals surface area contributed by atoms with E-state index >= 15 is 0 Å². The molecule has 2 atom stereocenters. The van der Waals surface area contributed by atoms with E-state index in [0.717, 1.165) is 29.6 Å². The summed E-state index contributed by atoms with van der Waals surface area (Å²) < 4.78 is 1.70. The molecule has 23 heavy (non-hydrogen) atoms. The van der Waals surface area contributed by atoms with Crippen LogP contribution < -0.4 is 5.73 Å². The molecule has 2 N–H and O–H groups in total. The van der Waals surface area contributed by atoms with Gasteiger partial charge in [0.15, 0.2) is 5.65 Å². The topological polar surface area (TPSA) is 94.1 Å². The number of pyridine rings is 1. The summed E-state index contributed by atoms with van der Waals surface area (Å²) in [7, 11) is 1.83. The number of nitrogens with zero attached hydrogens (tertiary/aromatic N) is 4. The van der Waals surface area contributed by atoms with Gasteiger partial charge in [-0.25, -0.2) is 4.98 Å². The Bertz CT molecular complexity index is 782. The average Bonchev–Trinajstić information content (AvgIpc) is 2.81. The van der Waals surface area contributed by atoms with Crippen molar-refractivity contribution in [2.24, 2.45) is 18.7 Å². The van der Waals surface area contributed by atoms with E-state index in [1.807, 2.05) is 27.0 Å². The average molecular weight is 315 g/mol. The van der Waals surface area contributed by atoms with Crippen LogP contribution in [0.4, 0.5) is 0 Å². The van der Waals surface area contributed by atoms with Crippen molar-refractivity contribution in [3.63, 3.8) is 0 Å². The van der Waals surface area contributed by atoms with Crippen LogP contribution in [0.2, 0.25) is 0 Å². The van der Waals surface area contributed by atoms with Gasteiger partial charge in [-0.1, -0.05) is 0 Å². The summed E-state index contributed by atoms with van der Waals surface area (Å²) in [4.78, 5) is 30.4. The maximum Gasteiger partial charge on any atom is 0.255 e. The molecule has 0 aromatic carbocycles. The third kappa shape index (κ3) is 2.67. The molecule has 2 aromatic rings. The monoisotopic (exact) mass is 315 g/mol. The van der Waals surface area contributed by atoms with E-state index in [2.05, 4.69) is 10.1 Å². The van der Waals surface area contributed by atoms with Crippen molar-refractivity contribution in [1.82, 2.24) is 19.7 Å². The molecule has 0 spiro atoms. The second-order valence-corrected chi connectivity index (χ2v) is 6.29. The highest BCUT2D eigenvalue weighted by molar-refractivity contribution is 5.97. The molecule has 3 rings (SSSR count). The zero-order valence-corrected chi connectivity index (χ0v) is 13.6. The first kappa shape index (κ1) is 15.5. The summed E-state index contributed by atoms with van der Waals surface area (Å²) in [5.41, 5.74) is 7.52. The minimum Gasteiger partial charge on any atom is -0.369 e. The van der Waals surface area contributed by atoms with E-state index in [-0.39, 0.29) is 23.8 Å². The lowest BCUT2D eigenvalue weighted by molar-refractivity contribution is -0.123. The first-order valence-electron chi connectivity index (χ1n) is 7.78. The first-order chi connectivity index (χ1) is 10.9.